The zero-order chi connectivity index (χ0) is 13.8. The van der Waals surface area contributed by atoms with Crippen LogP contribution in [0, 0.1) is 6.92 Å². The molecule has 0 aliphatic heterocycles. The minimum Gasteiger partial charge on any atom is -0.490 e. The van der Waals surface area contributed by atoms with E-state index in [2.05, 4.69) is 15.9 Å². The van der Waals surface area contributed by atoms with E-state index in [-0.39, 0.29) is 5.76 Å². The van der Waals surface area contributed by atoms with Crippen LogP contribution in [0.25, 0.3) is 0 Å². The molecule has 0 radical (unpaired) electrons. The highest BCUT2D eigenvalue weighted by Crippen LogP contribution is 2.28. The lowest BCUT2D eigenvalue weighted by Crippen LogP contribution is -2.09. The maximum absolute atomic E-state index is 12.0. The van der Waals surface area contributed by atoms with Gasteiger partial charge in [0, 0.05) is 5.56 Å². The van der Waals surface area contributed by atoms with E-state index in [4.69, 9.17) is 13.9 Å². The van der Waals surface area contributed by atoms with E-state index < -0.39 is 5.97 Å². The molecule has 0 aliphatic rings. The van der Waals surface area contributed by atoms with Crippen molar-refractivity contribution in [3.8, 4) is 11.5 Å². The van der Waals surface area contributed by atoms with Crippen LogP contribution in [0.1, 0.15) is 23.0 Å². The molecule has 5 heteroatoms. The van der Waals surface area contributed by atoms with Gasteiger partial charge in [-0.15, -0.1) is 0 Å². The molecule has 0 unspecified atom stereocenters. The molecule has 0 amide bonds. The van der Waals surface area contributed by atoms with Gasteiger partial charge in [0.15, 0.2) is 16.2 Å². The molecule has 100 valence electrons. The molecule has 0 saturated carbocycles. The molecule has 0 N–H and O–H groups in total. The summed E-state index contributed by atoms with van der Waals surface area (Å²) < 4.78 is 16.4. The SMILES string of the molecule is CCOc1ccccc1OC(=O)c1oc(Br)cc1C. The predicted octanol–water partition coefficient (Wildman–Crippen LogP) is 3.97. The van der Waals surface area contributed by atoms with Crippen molar-refractivity contribution in [3.63, 3.8) is 0 Å². The second-order valence-corrected chi connectivity index (χ2v) is 4.61. The van der Waals surface area contributed by atoms with E-state index in [1.165, 1.54) is 0 Å². The molecular formula is C14H13BrO4. The van der Waals surface area contributed by atoms with Crippen LogP contribution in [0.2, 0.25) is 0 Å². The number of carbonyl (C=O) groups is 1. The number of para-hydroxylation sites is 2. The summed E-state index contributed by atoms with van der Waals surface area (Å²) in [5.74, 6) is 0.538. The molecule has 2 rings (SSSR count). The summed E-state index contributed by atoms with van der Waals surface area (Å²) in [5.41, 5.74) is 0.714. The van der Waals surface area contributed by atoms with Crippen LogP contribution in [0.5, 0.6) is 11.5 Å². The third-order valence-corrected chi connectivity index (χ3v) is 2.82. The Morgan fingerprint density at radius 3 is 2.58 bits per heavy atom. The molecule has 2 aromatic rings. The van der Waals surface area contributed by atoms with E-state index in [0.717, 1.165) is 0 Å². The Balaban J connectivity index is 2.21. The molecule has 0 atom stereocenters. The van der Waals surface area contributed by atoms with Crippen LogP contribution >= 0.6 is 15.9 Å². The molecule has 1 aromatic heterocycles. The van der Waals surface area contributed by atoms with Crippen LogP contribution in [0.3, 0.4) is 0 Å². The normalized spacial score (nSPS) is 10.3. The number of furan rings is 1. The predicted molar refractivity (Wildman–Crippen MR) is 73.7 cm³/mol. The molecular weight excluding hydrogens is 312 g/mol. The van der Waals surface area contributed by atoms with Gasteiger partial charge in [0.05, 0.1) is 6.61 Å². The number of benzene rings is 1. The second-order valence-electron chi connectivity index (χ2n) is 3.83. The average molecular weight is 325 g/mol. The van der Waals surface area contributed by atoms with Gasteiger partial charge in [-0.05, 0) is 48.0 Å². The van der Waals surface area contributed by atoms with Crippen LogP contribution < -0.4 is 9.47 Å². The number of rotatable bonds is 4. The lowest BCUT2D eigenvalue weighted by atomic mass is 10.3. The zero-order valence-electron chi connectivity index (χ0n) is 10.6. The van der Waals surface area contributed by atoms with Crippen LogP contribution in [0.15, 0.2) is 39.4 Å². The van der Waals surface area contributed by atoms with E-state index in [1.54, 1.807) is 31.2 Å². The van der Waals surface area contributed by atoms with Gasteiger partial charge < -0.3 is 13.9 Å². The monoisotopic (exact) mass is 324 g/mol. The lowest BCUT2D eigenvalue weighted by molar-refractivity contribution is 0.0692. The Morgan fingerprint density at radius 1 is 1.32 bits per heavy atom. The van der Waals surface area contributed by atoms with Gasteiger partial charge in [-0.2, -0.15) is 0 Å². The Kier molecular flexibility index (Phi) is 4.27. The first-order chi connectivity index (χ1) is 9.11. The number of carbonyl (C=O) groups excluding carboxylic acids is 1. The molecule has 0 saturated heterocycles. The van der Waals surface area contributed by atoms with E-state index in [9.17, 15) is 4.79 Å². The standard InChI is InChI=1S/C14H13BrO4/c1-3-17-10-6-4-5-7-11(10)18-14(16)13-9(2)8-12(15)19-13/h4-8H,3H2,1-2H3. The molecule has 0 fully saturated rings. The molecule has 19 heavy (non-hydrogen) atoms. The van der Waals surface area contributed by atoms with Crippen molar-refractivity contribution in [2.24, 2.45) is 0 Å². The largest absolute Gasteiger partial charge is 0.490 e. The van der Waals surface area contributed by atoms with Gasteiger partial charge in [-0.3, -0.25) is 0 Å². The van der Waals surface area contributed by atoms with Crippen LogP contribution in [0.4, 0.5) is 0 Å². The minimum atomic E-state index is -0.546. The van der Waals surface area contributed by atoms with Gasteiger partial charge >= 0.3 is 5.97 Å². The lowest BCUT2D eigenvalue weighted by Gasteiger charge is -2.09. The van der Waals surface area contributed by atoms with Gasteiger partial charge in [0.2, 0.25) is 5.76 Å². The zero-order valence-corrected chi connectivity index (χ0v) is 12.2. The number of halogens is 1. The van der Waals surface area contributed by atoms with Crippen molar-refractivity contribution in [2.45, 2.75) is 13.8 Å². The first kappa shape index (κ1) is 13.7. The number of esters is 1. The van der Waals surface area contributed by atoms with Gasteiger partial charge in [-0.1, -0.05) is 12.1 Å². The molecule has 1 heterocycles. The molecule has 0 aliphatic carbocycles. The average Bonchev–Trinajstić information content (AvgIpc) is 2.71. The third kappa shape index (κ3) is 3.17. The Bertz CT molecular complexity index is 589. The van der Waals surface area contributed by atoms with Crippen molar-refractivity contribution in [1.29, 1.82) is 0 Å². The topological polar surface area (TPSA) is 48.7 Å². The summed E-state index contributed by atoms with van der Waals surface area (Å²) in [4.78, 5) is 12.0. The molecule has 4 nitrogen and oxygen atoms in total. The fourth-order valence-corrected chi connectivity index (χ4v) is 2.11. The van der Waals surface area contributed by atoms with Gasteiger partial charge in [0.1, 0.15) is 0 Å². The van der Waals surface area contributed by atoms with E-state index in [1.807, 2.05) is 13.0 Å². The minimum absolute atomic E-state index is 0.179. The first-order valence-corrected chi connectivity index (χ1v) is 6.61. The number of aryl methyl sites for hydroxylation is 1. The molecule has 0 spiro atoms. The summed E-state index contributed by atoms with van der Waals surface area (Å²) in [6.45, 7) is 4.14. The highest BCUT2D eigenvalue weighted by Gasteiger charge is 2.18. The summed E-state index contributed by atoms with van der Waals surface area (Å²) in [6.07, 6.45) is 0. The quantitative estimate of drug-likeness (QED) is 0.630. The van der Waals surface area contributed by atoms with E-state index >= 15 is 0 Å². The van der Waals surface area contributed by atoms with E-state index in [0.29, 0.717) is 28.3 Å². The van der Waals surface area contributed by atoms with Crippen LogP contribution in [-0.4, -0.2) is 12.6 Å². The van der Waals surface area contributed by atoms with Crippen molar-refractivity contribution in [3.05, 3.63) is 46.3 Å². The highest BCUT2D eigenvalue weighted by molar-refractivity contribution is 9.10. The maximum Gasteiger partial charge on any atom is 0.380 e. The van der Waals surface area contributed by atoms with Gasteiger partial charge in [-0.25, -0.2) is 4.79 Å². The summed E-state index contributed by atoms with van der Waals surface area (Å²) in [6, 6.07) is 8.73. The van der Waals surface area contributed by atoms with Crippen LogP contribution in [-0.2, 0) is 0 Å². The van der Waals surface area contributed by atoms with Crippen molar-refractivity contribution in [2.75, 3.05) is 6.61 Å². The molecule has 0 bridgehead atoms. The fraction of sp³-hybridized carbons (Fsp3) is 0.214. The Morgan fingerprint density at radius 2 is 2.00 bits per heavy atom. The van der Waals surface area contributed by atoms with Crippen molar-refractivity contribution < 1.29 is 18.7 Å². The van der Waals surface area contributed by atoms with Crippen molar-refractivity contribution in [1.82, 2.24) is 0 Å². The second kappa shape index (κ2) is 5.93. The molecule has 1 aromatic carbocycles. The van der Waals surface area contributed by atoms with Gasteiger partial charge in [0.25, 0.3) is 0 Å². The van der Waals surface area contributed by atoms with Crippen molar-refractivity contribution >= 4 is 21.9 Å². The number of hydrogen-bond donors (Lipinski definition) is 0. The number of ether oxygens (including phenoxy) is 2. The Hall–Kier alpha value is -1.75. The highest BCUT2D eigenvalue weighted by atomic mass is 79.9. The summed E-state index contributed by atoms with van der Waals surface area (Å²) in [7, 11) is 0. The first-order valence-electron chi connectivity index (χ1n) is 5.81. The summed E-state index contributed by atoms with van der Waals surface area (Å²) in [5, 5.41) is 0. The Labute approximate surface area is 119 Å². The third-order valence-electron chi connectivity index (χ3n) is 2.42. The summed E-state index contributed by atoms with van der Waals surface area (Å²) >= 11 is 3.18. The smallest absolute Gasteiger partial charge is 0.380 e. The number of hydrogen-bond acceptors (Lipinski definition) is 4. The fourth-order valence-electron chi connectivity index (χ4n) is 1.60. The maximum atomic E-state index is 12.0.